The zero-order valence-electron chi connectivity index (χ0n) is 33.1. The molecule has 0 bridgehead atoms. The van der Waals surface area contributed by atoms with Crippen molar-refractivity contribution in [1.82, 2.24) is 0 Å². The highest BCUT2D eigenvalue weighted by Gasteiger charge is 2.20. The molecule has 0 heterocycles. The van der Waals surface area contributed by atoms with Gasteiger partial charge in [0.25, 0.3) is 0 Å². The van der Waals surface area contributed by atoms with Crippen molar-refractivity contribution >= 4 is 32.3 Å². The maximum Gasteiger partial charge on any atom is -0.00199 e. The Morgan fingerprint density at radius 3 is 1.12 bits per heavy atom. The summed E-state index contributed by atoms with van der Waals surface area (Å²) >= 11 is 0. The summed E-state index contributed by atoms with van der Waals surface area (Å²) < 4.78 is 0. The predicted octanol–water partition coefficient (Wildman–Crippen LogP) is 16.8. The van der Waals surface area contributed by atoms with Crippen LogP contribution in [0.2, 0.25) is 0 Å². The third-order valence-corrected chi connectivity index (χ3v) is 12.0. The van der Waals surface area contributed by atoms with E-state index in [1.54, 1.807) is 0 Å². The van der Waals surface area contributed by atoms with Crippen molar-refractivity contribution in [2.24, 2.45) is 0 Å². The molecule has 0 saturated carbocycles. The highest BCUT2D eigenvalue weighted by molar-refractivity contribution is 6.22. The second-order valence-corrected chi connectivity index (χ2v) is 15.6. The fourth-order valence-corrected chi connectivity index (χ4v) is 9.12. The van der Waals surface area contributed by atoms with Gasteiger partial charge in [0.2, 0.25) is 0 Å². The van der Waals surface area contributed by atoms with Gasteiger partial charge in [0.1, 0.15) is 0 Å². The van der Waals surface area contributed by atoms with Crippen LogP contribution in [0.3, 0.4) is 0 Å². The molecule has 0 heteroatoms. The first kappa shape index (κ1) is 35.4. The number of hydrogen-bond donors (Lipinski definition) is 0. The van der Waals surface area contributed by atoms with E-state index < -0.39 is 0 Å². The Morgan fingerprint density at radius 1 is 0.167 bits per heavy atom. The molecule has 0 N–H and O–H groups in total. The van der Waals surface area contributed by atoms with Crippen molar-refractivity contribution in [1.29, 1.82) is 0 Å². The molecule has 0 unspecified atom stereocenters. The van der Waals surface area contributed by atoms with E-state index in [1.807, 2.05) is 0 Å². The van der Waals surface area contributed by atoms with Gasteiger partial charge in [-0.3, -0.25) is 0 Å². The zero-order chi connectivity index (χ0) is 39.8. The molecule has 0 atom stereocenters. The number of hydrogen-bond acceptors (Lipinski definition) is 0. The normalized spacial score (nSPS) is 11.3. The van der Waals surface area contributed by atoms with Crippen molar-refractivity contribution < 1.29 is 0 Å². The average Bonchev–Trinajstić information content (AvgIpc) is 3.33. The van der Waals surface area contributed by atoms with Gasteiger partial charge < -0.3 is 0 Å². The highest BCUT2D eigenvalue weighted by Crippen LogP contribution is 2.47. The van der Waals surface area contributed by atoms with Crippen LogP contribution in [0.25, 0.3) is 110 Å². The lowest BCUT2D eigenvalue weighted by atomic mass is 9.82. The van der Waals surface area contributed by atoms with Gasteiger partial charge in [-0.1, -0.05) is 212 Å². The molecule has 0 aliphatic heterocycles. The van der Waals surface area contributed by atoms with Crippen LogP contribution in [0, 0.1) is 0 Å². The Morgan fingerprint density at radius 2 is 0.550 bits per heavy atom. The number of rotatable bonds is 7. The molecule has 0 amide bonds. The molecule has 280 valence electrons. The van der Waals surface area contributed by atoms with E-state index in [4.69, 9.17) is 0 Å². The van der Waals surface area contributed by atoms with Crippen LogP contribution >= 0.6 is 0 Å². The molecule has 0 aliphatic carbocycles. The van der Waals surface area contributed by atoms with Crippen LogP contribution in [-0.4, -0.2) is 0 Å². The van der Waals surface area contributed by atoms with Crippen LogP contribution in [0.4, 0.5) is 0 Å². The summed E-state index contributed by atoms with van der Waals surface area (Å²) in [5.41, 5.74) is 16.9. The molecule has 0 nitrogen and oxygen atoms in total. The van der Waals surface area contributed by atoms with Crippen LogP contribution in [0.15, 0.2) is 243 Å². The van der Waals surface area contributed by atoms with Crippen LogP contribution < -0.4 is 0 Å². The summed E-state index contributed by atoms with van der Waals surface area (Å²) in [5, 5.41) is 7.48. The second kappa shape index (κ2) is 15.2. The van der Waals surface area contributed by atoms with Gasteiger partial charge >= 0.3 is 0 Å². The maximum absolute atomic E-state index is 2.45. The van der Waals surface area contributed by atoms with Gasteiger partial charge in [0, 0.05) is 0 Å². The van der Waals surface area contributed by atoms with Gasteiger partial charge in [-0.15, -0.1) is 0 Å². The minimum Gasteiger partial charge on any atom is -0.0622 e. The molecule has 0 radical (unpaired) electrons. The smallest absolute Gasteiger partial charge is 0.00199 e. The number of fused-ring (bicyclic) bond motifs is 3. The van der Waals surface area contributed by atoms with Gasteiger partial charge in [-0.25, -0.2) is 0 Å². The van der Waals surface area contributed by atoms with E-state index in [9.17, 15) is 0 Å². The lowest BCUT2D eigenvalue weighted by molar-refractivity contribution is 1.55. The first-order valence-corrected chi connectivity index (χ1v) is 20.7. The Labute approximate surface area is 351 Å². The van der Waals surface area contributed by atoms with E-state index in [1.165, 1.54) is 110 Å². The Kier molecular flexibility index (Phi) is 8.95. The van der Waals surface area contributed by atoms with E-state index in [0.29, 0.717) is 0 Å². The van der Waals surface area contributed by atoms with Crippen LogP contribution in [0.5, 0.6) is 0 Å². The van der Waals surface area contributed by atoms with Gasteiger partial charge in [-0.05, 0) is 141 Å². The van der Waals surface area contributed by atoms with Gasteiger partial charge in [-0.2, -0.15) is 0 Å². The molecule has 60 heavy (non-hydrogen) atoms. The largest absolute Gasteiger partial charge is 0.0622 e. The van der Waals surface area contributed by atoms with Crippen molar-refractivity contribution in [2.75, 3.05) is 0 Å². The van der Waals surface area contributed by atoms with E-state index in [0.717, 1.165) is 0 Å². The minimum atomic E-state index is 1.18. The maximum atomic E-state index is 2.45. The first-order chi connectivity index (χ1) is 29.7. The van der Waals surface area contributed by atoms with Crippen molar-refractivity contribution in [3.63, 3.8) is 0 Å². The van der Waals surface area contributed by atoms with Crippen LogP contribution in [0.1, 0.15) is 0 Å². The zero-order valence-corrected chi connectivity index (χ0v) is 33.1. The molecule has 11 aromatic rings. The van der Waals surface area contributed by atoms with E-state index >= 15 is 0 Å². The monoisotopic (exact) mass is 760 g/mol. The Bertz CT molecular complexity index is 3210. The van der Waals surface area contributed by atoms with Crippen molar-refractivity contribution in [2.45, 2.75) is 0 Å². The summed E-state index contributed by atoms with van der Waals surface area (Å²) in [4.78, 5) is 0. The summed E-state index contributed by atoms with van der Waals surface area (Å²) in [6, 6.07) is 88.9. The minimum absolute atomic E-state index is 1.18. The molecule has 0 saturated heterocycles. The Hall–Kier alpha value is -7.80. The standard InChI is InChI=1S/C60H40/c1-4-16-41(17-5-1)50-37-51(42-18-6-2-7-19-42)39-52(38-50)49-34-35-53(45-31-28-44(29-32-45)48-33-30-43-20-10-11-23-47(43)36-48)58(40-49)60-56-26-14-12-24-54(56)59(46-21-8-3-9-22-46)55-25-13-15-27-57(55)60/h1-40H. The fraction of sp³-hybridized carbons (Fsp3) is 0. The Balaban J connectivity index is 1.16. The molecule has 11 aromatic carbocycles. The van der Waals surface area contributed by atoms with Gasteiger partial charge in [0.05, 0.1) is 0 Å². The fourth-order valence-electron chi connectivity index (χ4n) is 9.12. The lowest BCUT2D eigenvalue weighted by Crippen LogP contribution is -1.94. The SMILES string of the molecule is c1ccc(-c2cc(-c3ccccc3)cc(-c3ccc(-c4ccc(-c5ccc6ccccc6c5)cc4)c(-c4c5ccccc5c(-c5ccccc5)c5ccccc45)c3)c2)cc1. The molecular formula is C60H40. The molecule has 0 aliphatic rings. The average molecular weight is 761 g/mol. The summed E-state index contributed by atoms with van der Waals surface area (Å²) in [7, 11) is 0. The molecule has 0 aromatic heterocycles. The van der Waals surface area contributed by atoms with Gasteiger partial charge in [0.15, 0.2) is 0 Å². The number of benzene rings is 11. The van der Waals surface area contributed by atoms with E-state index in [2.05, 4.69) is 243 Å². The topological polar surface area (TPSA) is 0 Å². The highest BCUT2D eigenvalue weighted by atomic mass is 14.2. The van der Waals surface area contributed by atoms with E-state index in [-0.39, 0.29) is 0 Å². The third kappa shape index (κ3) is 6.46. The lowest BCUT2D eigenvalue weighted by Gasteiger charge is -2.21. The van der Waals surface area contributed by atoms with Crippen molar-refractivity contribution in [3.8, 4) is 77.9 Å². The molecule has 0 spiro atoms. The van der Waals surface area contributed by atoms with Crippen molar-refractivity contribution in [3.05, 3.63) is 243 Å². The summed E-state index contributed by atoms with van der Waals surface area (Å²) in [6.45, 7) is 0. The van der Waals surface area contributed by atoms with Crippen LogP contribution in [-0.2, 0) is 0 Å². The molecule has 0 fully saturated rings. The summed E-state index contributed by atoms with van der Waals surface area (Å²) in [5.74, 6) is 0. The molecule has 11 rings (SSSR count). The predicted molar refractivity (Wildman–Crippen MR) is 257 cm³/mol. The quantitative estimate of drug-likeness (QED) is 0.142. The third-order valence-electron chi connectivity index (χ3n) is 12.0. The second-order valence-electron chi connectivity index (χ2n) is 15.6. The first-order valence-electron chi connectivity index (χ1n) is 20.7. The molecular weight excluding hydrogens is 721 g/mol. The summed E-state index contributed by atoms with van der Waals surface area (Å²) in [6.07, 6.45) is 0.